The highest BCUT2D eigenvalue weighted by Crippen LogP contribution is 2.27. The van der Waals surface area contributed by atoms with Crippen LogP contribution in [0.5, 0.6) is 0 Å². The number of aromatic amines is 1. The van der Waals surface area contributed by atoms with E-state index in [0.29, 0.717) is 12.5 Å². The van der Waals surface area contributed by atoms with Gasteiger partial charge in [-0.15, -0.1) is 0 Å². The summed E-state index contributed by atoms with van der Waals surface area (Å²) < 4.78 is 1.92. The molecule has 1 aliphatic heterocycles. The minimum Gasteiger partial charge on any atom is -0.394 e. The lowest BCUT2D eigenvalue weighted by molar-refractivity contribution is 0.197. The third kappa shape index (κ3) is 3.08. The number of hydrogen-bond acceptors (Lipinski definition) is 4. The Morgan fingerprint density at radius 1 is 1.41 bits per heavy atom. The molecule has 22 heavy (non-hydrogen) atoms. The van der Waals surface area contributed by atoms with Crippen molar-refractivity contribution in [3.05, 3.63) is 34.9 Å². The molecule has 2 aromatic rings. The fourth-order valence-electron chi connectivity index (χ4n) is 3.45. The van der Waals surface area contributed by atoms with Crippen molar-refractivity contribution in [3.63, 3.8) is 0 Å². The van der Waals surface area contributed by atoms with Crippen molar-refractivity contribution in [2.75, 3.05) is 19.7 Å². The van der Waals surface area contributed by atoms with E-state index in [0.717, 1.165) is 25.3 Å². The van der Waals surface area contributed by atoms with Gasteiger partial charge in [-0.05, 0) is 39.3 Å². The Kier molecular flexibility index (Phi) is 4.59. The fraction of sp³-hybridized carbons (Fsp3) is 0.625. The maximum Gasteiger partial charge on any atom is 0.0644 e. The van der Waals surface area contributed by atoms with Crippen molar-refractivity contribution in [1.82, 2.24) is 24.9 Å². The summed E-state index contributed by atoms with van der Waals surface area (Å²) in [6, 6.07) is 2.09. The van der Waals surface area contributed by atoms with E-state index in [-0.39, 0.29) is 6.61 Å². The highest BCUT2D eigenvalue weighted by molar-refractivity contribution is 5.24. The van der Waals surface area contributed by atoms with E-state index in [1.807, 2.05) is 10.9 Å². The highest BCUT2D eigenvalue weighted by atomic mass is 16.3. The number of aliphatic hydroxyl groups excluding tert-OH is 1. The summed E-state index contributed by atoms with van der Waals surface area (Å²) in [7, 11) is 0. The molecule has 0 saturated carbocycles. The maximum absolute atomic E-state index is 9.13. The number of likely N-dealkylation sites (tertiary alicyclic amines) is 1. The van der Waals surface area contributed by atoms with E-state index in [1.54, 1.807) is 0 Å². The summed E-state index contributed by atoms with van der Waals surface area (Å²) in [5.41, 5.74) is 4.80. The van der Waals surface area contributed by atoms with Gasteiger partial charge in [0.05, 0.1) is 18.8 Å². The number of H-pyrrole nitrogens is 1. The van der Waals surface area contributed by atoms with Gasteiger partial charge >= 0.3 is 0 Å². The molecule has 3 rings (SSSR count). The average Bonchev–Trinajstić information content (AvgIpc) is 3.13. The zero-order chi connectivity index (χ0) is 15.5. The standard InChI is InChI=1S/C16H25N5O/c1-12-15(13(2)21(19-12)8-9-22)11-20-7-3-4-14(10-20)16-5-6-17-18-16/h5-6,14,22H,3-4,7-11H2,1-2H3,(H,17,18)/t14-/m1/s1. The summed E-state index contributed by atoms with van der Waals surface area (Å²) in [5.74, 6) is 0.546. The molecule has 0 spiro atoms. The van der Waals surface area contributed by atoms with Crippen molar-refractivity contribution >= 4 is 0 Å². The number of nitrogens with zero attached hydrogens (tertiary/aromatic N) is 4. The number of aromatic nitrogens is 4. The summed E-state index contributed by atoms with van der Waals surface area (Å²) >= 11 is 0. The minimum absolute atomic E-state index is 0.132. The third-order valence-corrected chi connectivity index (χ3v) is 4.69. The number of rotatable bonds is 5. The van der Waals surface area contributed by atoms with Crippen LogP contribution >= 0.6 is 0 Å². The van der Waals surface area contributed by atoms with Gasteiger partial charge in [-0.1, -0.05) is 0 Å². The molecular weight excluding hydrogens is 278 g/mol. The summed E-state index contributed by atoms with van der Waals surface area (Å²) in [4.78, 5) is 2.51. The molecular formula is C16H25N5O. The van der Waals surface area contributed by atoms with E-state index < -0.39 is 0 Å². The Labute approximate surface area is 131 Å². The molecule has 0 aliphatic carbocycles. The first kappa shape index (κ1) is 15.2. The first-order valence-corrected chi connectivity index (χ1v) is 8.04. The van der Waals surface area contributed by atoms with Gasteiger partial charge in [0.25, 0.3) is 0 Å². The molecule has 1 fully saturated rings. The van der Waals surface area contributed by atoms with Crippen molar-refractivity contribution in [2.24, 2.45) is 0 Å². The number of nitrogens with one attached hydrogen (secondary N) is 1. The predicted octanol–water partition coefficient (Wildman–Crippen LogP) is 1.59. The molecule has 0 amide bonds. The number of hydrogen-bond donors (Lipinski definition) is 2. The lowest BCUT2D eigenvalue weighted by Crippen LogP contribution is -2.34. The second-order valence-corrected chi connectivity index (χ2v) is 6.18. The van der Waals surface area contributed by atoms with Crippen LogP contribution in [-0.4, -0.2) is 49.7 Å². The molecule has 6 heteroatoms. The van der Waals surface area contributed by atoms with Crippen molar-refractivity contribution in [3.8, 4) is 0 Å². The van der Waals surface area contributed by atoms with Crippen LogP contribution in [0.15, 0.2) is 12.3 Å². The van der Waals surface area contributed by atoms with Crippen LogP contribution in [0, 0.1) is 13.8 Å². The highest BCUT2D eigenvalue weighted by Gasteiger charge is 2.24. The molecule has 0 radical (unpaired) electrons. The first-order valence-electron chi connectivity index (χ1n) is 8.04. The van der Waals surface area contributed by atoms with E-state index in [4.69, 9.17) is 5.11 Å². The Hall–Kier alpha value is -1.66. The van der Waals surface area contributed by atoms with E-state index >= 15 is 0 Å². The first-order chi connectivity index (χ1) is 10.7. The summed E-state index contributed by atoms with van der Waals surface area (Å²) in [5, 5.41) is 20.9. The smallest absolute Gasteiger partial charge is 0.0644 e. The number of piperidine rings is 1. The van der Waals surface area contributed by atoms with Crippen LogP contribution in [0.3, 0.4) is 0 Å². The molecule has 2 aromatic heterocycles. The van der Waals surface area contributed by atoms with Crippen LogP contribution in [-0.2, 0) is 13.1 Å². The largest absolute Gasteiger partial charge is 0.394 e. The van der Waals surface area contributed by atoms with Crippen LogP contribution in [0.2, 0.25) is 0 Å². The Bertz CT molecular complexity index is 604. The molecule has 0 aromatic carbocycles. The molecule has 120 valence electrons. The van der Waals surface area contributed by atoms with Gasteiger partial charge in [0.15, 0.2) is 0 Å². The SMILES string of the molecule is Cc1nn(CCO)c(C)c1CN1CCC[C@@H](c2ccn[nH]2)C1. The van der Waals surface area contributed by atoms with Crippen LogP contribution < -0.4 is 0 Å². The third-order valence-electron chi connectivity index (χ3n) is 4.69. The van der Waals surface area contributed by atoms with Crippen LogP contribution in [0.1, 0.15) is 41.4 Å². The second-order valence-electron chi connectivity index (χ2n) is 6.18. The molecule has 1 aliphatic rings. The predicted molar refractivity (Wildman–Crippen MR) is 84.6 cm³/mol. The van der Waals surface area contributed by atoms with Gasteiger partial charge in [-0.3, -0.25) is 14.7 Å². The second kappa shape index (κ2) is 6.62. The molecule has 6 nitrogen and oxygen atoms in total. The summed E-state index contributed by atoms with van der Waals surface area (Å²) in [6.45, 7) is 8.00. The fourth-order valence-corrected chi connectivity index (χ4v) is 3.45. The molecule has 3 heterocycles. The lowest BCUT2D eigenvalue weighted by Gasteiger charge is -2.32. The Morgan fingerprint density at radius 3 is 3.00 bits per heavy atom. The van der Waals surface area contributed by atoms with Gasteiger partial charge in [-0.25, -0.2) is 0 Å². The van der Waals surface area contributed by atoms with Gasteiger partial charge < -0.3 is 5.11 Å². The topological polar surface area (TPSA) is 70.0 Å². The average molecular weight is 303 g/mol. The van der Waals surface area contributed by atoms with Crippen LogP contribution in [0.4, 0.5) is 0 Å². The number of aliphatic hydroxyl groups is 1. The van der Waals surface area contributed by atoms with Crippen molar-refractivity contribution in [1.29, 1.82) is 0 Å². The zero-order valence-electron chi connectivity index (χ0n) is 13.4. The molecule has 0 bridgehead atoms. The minimum atomic E-state index is 0.132. The Balaban J connectivity index is 1.70. The normalized spacial score (nSPS) is 19.7. The van der Waals surface area contributed by atoms with Gasteiger partial charge in [0.2, 0.25) is 0 Å². The molecule has 0 unspecified atom stereocenters. The molecule has 1 atom stereocenters. The lowest BCUT2D eigenvalue weighted by atomic mass is 9.94. The van der Waals surface area contributed by atoms with Crippen molar-refractivity contribution in [2.45, 2.75) is 45.7 Å². The van der Waals surface area contributed by atoms with Gasteiger partial charge in [0, 0.05) is 42.2 Å². The maximum atomic E-state index is 9.13. The molecule has 2 N–H and O–H groups in total. The van der Waals surface area contributed by atoms with Crippen LogP contribution in [0.25, 0.3) is 0 Å². The van der Waals surface area contributed by atoms with Gasteiger partial charge in [-0.2, -0.15) is 10.2 Å². The Morgan fingerprint density at radius 2 is 2.27 bits per heavy atom. The van der Waals surface area contributed by atoms with E-state index in [2.05, 4.69) is 40.1 Å². The summed E-state index contributed by atoms with van der Waals surface area (Å²) in [6.07, 6.45) is 4.27. The quantitative estimate of drug-likeness (QED) is 0.880. The van der Waals surface area contributed by atoms with Crippen molar-refractivity contribution < 1.29 is 5.11 Å². The zero-order valence-corrected chi connectivity index (χ0v) is 13.4. The van der Waals surface area contributed by atoms with Gasteiger partial charge in [0.1, 0.15) is 0 Å². The van der Waals surface area contributed by atoms with E-state index in [9.17, 15) is 0 Å². The monoisotopic (exact) mass is 303 g/mol. The number of aryl methyl sites for hydroxylation is 1. The molecule has 1 saturated heterocycles. The van der Waals surface area contributed by atoms with E-state index in [1.165, 1.54) is 29.8 Å².